The molecule has 0 atom stereocenters. The Balaban J connectivity index is 2.08. The number of piperidine rings is 1. The lowest BCUT2D eigenvalue weighted by Crippen LogP contribution is -2.40. The summed E-state index contributed by atoms with van der Waals surface area (Å²) in [6, 6.07) is 4.31. The van der Waals surface area contributed by atoms with Crippen molar-refractivity contribution in [3.05, 3.63) is 35.1 Å². The van der Waals surface area contributed by atoms with Gasteiger partial charge in [-0.3, -0.25) is 4.79 Å². The third kappa shape index (κ3) is 2.70. The van der Waals surface area contributed by atoms with E-state index in [2.05, 4.69) is 0 Å². The fourth-order valence-electron chi connectivity index (χ4n) is 2.41. The van der Waals surface area contributed by atoms with Gasteiger partial charge in [0.05, 0.1) is 0 Å². The molecule has 1 aromatic rings. The van der Waals surface area contributed by atoms with E-state index in [9.17, 15) is 9.18 Å². The van der Waals surface area contributed by atoms with Gasteiger partial charge in [0.1, 0.15) is 5.82 Å². The largest absolute Gasteiger partial charge is 0.339 e. The summed E-state index contributed by atoms with van der Waals surface area (Å²) < 4.78 is 13.0. The molecule has 0 spiro atoms. The lowest BCUT2D eigenvalue weighted by atomic mass is 9.96. The van der Waals surface area contributed by atoms with E-state index in [1.807, 2.05) is 4.90 Å². The highest BCUT2D eigenvalue weighted by Crippen LogP contribution is 2.19. The van der Waals surface area contributed by atoms with Crippen LogP contribution < -0.4 is 5.73 Å². The lowest BCUT2D eigenvalue weighted by Gasteiger charge is -2.31. The van der Waals surface area contributed by atoms with Gasteiger partial charge in [0.15, 0.2) is 0 Å². The highest BCUT2D eigenvalue weighted by molar-refractivity contribution is 5.95. The smallest absolute Gasteiger partial charge is 0.254 e. The number of halogens is 1. The van der Waals surface area contributed by atoms with Crippen LogP contribution in [-0.4, -0.2) is 30.4 Å². The molecular weight excluding hydrogens is 231 g/mol. The number of carbonyl (C=O) groups excluding carboxylic acids is 1. The molecule has 1 heterocycles. The summed E-state index contributed by atoms with van der Waals surface area (Å²) in [6.07, 6.45) is 1.92. The molecule has 0 aromatic heterocycles. The van der Waals surface area contributed by atoms with Crippen molar-refractivity contribution >= 4 is 5.91 Å². The van der Waals surface area contributed by atoms with Gasteiger partial charge in [-0.2, -0.15) is 0 Å². The first kappa shape index (κ1) is 13.0. The minimum atomic E-state index is -0.300. The first-order chi connectivity index (χ1) is 8.61. The molecule has 18 heavy (non-hydrogen) atoms. The molecule has 2 N–H and O–H groups in total. The maximum atomic E-state index is 13.0. The minimum Gasteiger partial charge on any atom is -0.339 e. The number of hydrogen-bond donors (Lipinski definition) is 1. The average Bonchev–Trinajstić information content (AvgIpc) is 2.38. The highest BCUT2D eigenvalue weighted by Gasteiger charge is 2.23. The van der Waals surface area contributed by atoms with Gasteiger partial charge >= 0.3 is 0 Å². The molecule has 98 valence electrons. The van der Waals surface area contributed by atoms with Crippen molar-refractivity contribution in [2.45, 2.75) is 19.8 Å². The topological polar surface area (TPSA) is 46.3 Å². The van der Waals surface area contributed by atoms with E-state index in [4.69, 9.17) is 5.73 Å². The number of carbonyl (C=O) groups is 1. The summed E-state index contributed by atoms with van der Waals surface area (Å²) in [5, 5.41) is 0. The quantitative estimate of drug-likeness (QED) is 0.872. The third-order valence-electron chi connectivity index (χ3n) is 3.65. The molecule has 0 aliphatic carbocycles. The van der Waals surface area contributed by atoms with Crippen LogP contribution >= 0.6 is 0 Å². The zero-order chi connectivity index (χ0) is 13.1. The molecule has 0 radical (unpaired) electrons. The fraction of sp³-hybridized carbons (Fsp3) is 0.500. The lowest BCUT2D eigenvalue weighted by molar-refractivity contribution is 0.0692. The van der Waals surface area contributed by atoms with E-state index < -0.39 is 0 Å². The number of amides is 1. The Hall–Kier alpha value is -1.42. The second-order valence-electron chi connectivity index (χ2n) is 4.93. The van der Waals surface area contributed by atoms with Gasteiger partial charge in [0, 0.05) is 18.7 Å². The average molecular weight is 250 g/mol. The molecule has 1 aliphatic rings. The van der Waals surface area contributed by atoms with E-state index >= 15 is 0 Å². The number of aryl methyl sites for hydroxylation is 1. The Bertz CT molecular complexity index is 439. The Kier molecular flexibility index (Phi) is 3.97. The number of hydrogen-bond acceptors (Lipinski definition) is 2. The first-order valence-corrected chi connectivity index (χ1v) is 6.37. The third-order valence-corrected chi connectivity index (χ3v) is 3.65. The maximum Gasteiger partial charge on any atom is 0.254 e. The molecular formula is C14H19FN2O. The van der Waals surface area contributed by atoms with Crippen molar-refractivity contribution in [3.63, 3.8) is 0 Å². The number of nitrogens with two attached hydrogens (primary N) is 1. The van der Waals surface area contributed by atoms with E-state index in [-0.39, 0.29) is 11.7 Å². The Morgan fingerprint density at radius 1 is 1.44 bits per heavy atom. The van der Waals surface area contributed by atoms with Crippen LogP contribution in [0, 0.1) is 18.7 Å². The van der Waals surface area contributed by atoms with E-state index in [0.717, 1.165) is 25.9 Å². The van der Waals surface area contributed by atoms with Crippen molar-refractivity contribution in [2.75, 3.05) is 19.6 Å². The van der Waals surface area contributed by atoms with Gasteiger partial charge < -0.3 is 10.6 Å². The van der Waals surface area contributed by atoms with Gasteiger partial charge in [-0.15, -0.1) is 0 Å². The molecule has 0 saturated carbocycles. The number of rotatable bonds is 2. The van der Waals surface area contributed by atoms with Crippen molar-refractivity contribution in [1.29, 1.82) is 0 Å². The Labute approximate surface area is 107 Å². The normalized spacial score (nSPS) is 16.9. The molecule has 0 unspecified atom stereocenters. The van der Waals surface area contributed by atoms with Gasteiger partial charge in [0.25, 0.3) is 5.91 Å². The van der Waals surface area contributed by atoms with Gasteiger partial charge in [0.2, 0.25) is 0 Å². The molecule has 1 fully saturated rings. The van der Waals surface area contributed by atoms with E-state index in [0.29, 0.717) is 23.6 Å². The van der Waals surface area contributed by atoms with Crippen molar-refractivity contribution in [1.82, 2.24) is 4.90 Å². The highest BCUT2D eigenvalue weighted by atomic mass is 19.1. The van der Waals surface area contributed by atoms with Gasteiger partial charge in [-0.05, 0) is 56.0 Å². The van der Waals surface area contributed by atoms with E-state index in [1.54, 1.807) is 13.0 Å². The van der Waals surface area contributed by atoms with Crippen molar-refractivity contribution in [2.24, 2.45) is 11.7 Å². The Morgan fingerprint density at radius 3 is 2.67 bits per heavy atom. The molecule has 1 saturated heterocycles. The SMILES string of the molecule is Cc1cc(F)ccc1C(=O)N1CCC(CN)CC1. The fourth-order valence-corrected chi connectivity index (χ4v) is 2.41. The molecule has 2 rings (SSSR count). The van der Waals surface area contributed by atoms with Crippen molar-refractivity contribution in [3.8, 4) is 0 Å². The predicted molar refractivity (Wildman–Crippen MR) is 68.8 cm³/mol. The van der Waals surface area contributed by atoms with Crippen LogP contribution in [0.25, 0.3) is 0 Å². The maximum absolute atomic E-state index is 13.0. The first-order valence-electron chi connectivity index (χ1n) is 6.37. The van der Waals surface area contributed by atoms with Crippen LogP contribution in [0.2, 0.25) is 0 Å². The van der Waals surface area contributed by atoms with Crippen LogP contribution in [0.15, 0.2) is 18.2 Å². The second kappa shape index (κ2) is 5.48. The summed E-state index contributed by atoms with van der Waals surface area (Å²) in [5.41, 5.74) is 6.93. The van der Waals surface area contributed by atoms with Gasteiger partial charge in [-0.25, -0.2) is 4.39 Å². The second-order valence-corrected chi connectivity index (χ2v) is 4.93. The van der Waals surface area contributed by atoms with Crippen LogP contribution in [-0.2, 0) is 0 Å². The van der Waals surface area contributed by atoms with Crippen LogP contribution in [0.5, 0.6) is 0 Å². The minimum absolute atomic E-state index is 0.00275. The Morgan fingerprint density at radius 2 is 2.11 bits per heavy atom. The van der Waals surface area contributed by atoms with Crippen LogP contribution in [0.4, 0.5) is 4.39 Å². The molecule has 1 aromatic carbocycles. The predicted octanol–water partition coefficient (Wildman–Crippen LogP) is 1.95. The molecule has 1 aliphatic heterocycles. The summed E-state index contributed by atoms with van der Waals surface area (Å²) in [5.74, 6) is 0.234. The zero-order valence-electron chi connectivity index (χ0n) is 10.7. The number of likely N-dealkylation sites (tertiary alicyclic amines) is 1. The van der Waals surface area contributed by atoms with Crippen LogP contribution in [0.1, 0.15) is 28.8 Å². The summed E-state index contributed by atoms with van der Waals surface area (Å²) in [4.78, 5) is 14.1. The van der Waals surface area contributed by atoms with Crippen molar-refractivity contribution < 1.29 is 9.18 Å². The number of benzene rings is 1. The summed E-state index contributed by atoms with van der Waals surface area (Å²) in [6.45, 7) is 3.95. The van der Waals surface area contributed by atoms with Gasteiger partial charge in [-0.1, -0.05) is 0 Å². The molecule has 0 bridgehead atoms. The molecule has 4 heteroatoms. The molecule has 1 amide bonds. The van der Waals surface area contributed by atoms with E-state index in [1.165, 1.54) is 12.1 Å². The summed E-state index contributed by atoms with van der Waals surface area (Å²) in [7, 11) is 0. The zero-order valence-corrected chi connectivity index (χ0v) is 10.7. The monoisotopic (exact) mass is 250 g/mol. The number of nitrogens with zero attached hydrogens (tertiary/aromatic N) is 1. The summed E-state index contributed by atoms with van der Waals surface area (Å²) >= 11 is 0. The molecule has 3 nitrogen and oxygen atoms in total. The van der Waals surface area contributed by atoms with Crippen LogP contribution in [0.3, 0.4) is 0 Å². The standard InChI is InChI=1S/C14H19FN2O/c1-10-8-12(15)2-3-13(10)14(18)17-6-4-11(9-16)5-7-17/h2-3,8,11H,4-7,9,16H2,1H3.